The quantitative estimate of drug-likeness (QED) is 0.770. The Morgan fingerprint density at radius 2 is 1.60 bits per heavy atom. The van der Waals surface area contributed by atoms with Crippen molar-refractivity contribution in [1.29, 1.82) is 0 Å². The minimum absolute atomic E-state index is 0.0826. The monoisotopic (exact) mass is 343 g/mol. The molecule has 6 nitrogen and oxygen atoms in total. The first-order chi connectivity index (χ1) is 12.0. The molecule has 0 aliphatic carbocycles. The standard InChI is InChI=1S/C19H21NO5/c1-24-16-4-3-5-17(25-2)15(16)12-18(21)20-14-9-6-13(7-10-14)8-11-19(22)23/h3-7,9-10H,8,11-12H2,1-2H3,(H,20,21)(H,22,23). The average molecular weight is 343 g/mol. The summed E-state index contributed by atoms with van der Waals surface area (Å²) < 4.78 is 10.6. The van der Waals surface area contributed by atoms with E-state index in [4.69, 9.17) is 14.6 Å². The molecule has 0 unspecified atom stereocenters. The highest BCUT2D eigenvalue weighted by Crippen LogP contribution is 2.28. The third-order valence-electron chi connectivity index (χ3n) is 3.73. The zero-order valence-electron chi connectivity index (χ0n) is 14.2. The molecule has 0 radical (unpaired) electrons. The highest BCUT2D eigenvalue weighted by molar-refractivity contribution is 5.93. The van der Waals surface area contributed by atoms with Crippen molar-refractivity contribution in [1.82, 2.24) is 0 Å². The molecule has 0 aromatic heterocycles. The summed E-state index contributed by atoms with van der Waals surface area (Å²) in [6.07, 6.45) is 0.662. The number of methoxy groups -OCH3 is 2. The van der Waals surface area contributed by atoms with Gasteiger partial charge in [-0.3, -0.25) is 9.59 Å². The van der Waals surface area contributed by atoms with Crippen LogP contribution in [-0.2, 0) is 22.4 Å². The molecule has 2 aromatic rings. The lowest BCUT2D eigenvalue weighted by molar-refractivity contribution is -0.137. The van der Waals surface area contributed by atoms with Gasteiger partial charge in [0.05, 0.1) is 20.6 Å². The Morgan fingerprint density at radius 1 is 1.00 bits per heavy atom. The first-order valence-corrected chi connectivity index (χ1v) is 7.84. The molecule has 2 rings (SSSR count). The molecule has 0 aliphatic heterocycles. The Morgan fingerprint density at radius 3 is 2.12 bits per heavy atom. The fourth-order valence-electron chi connectivity index (χ4n) is 2.47. The summed E-state index contributed by atoms with van der Waals surface area (Å²) in [5.41, 5.74) is 2.24. The van der Waals surface area contributed by atoms with Crippen molar-refractivity contribution in [2.75, 3.05) is 19.5 Å². The molecule has 2 N–H and O–H groups in total. The minimum atomic E-state index is -0.830. The number of carboxylic acid groups (broad SMARTS) is 1. The fraction of sp³-hybridized carbons (Fsp3) is 0.263. The van der Waals surface area contributed by atoms with E-state index in [2.05, 4.69) is 5.32 Å². The molecular weight excluding hydrogens is 322 g/mol. The number of aliphatic carboxylic acids is 1. The second kappa shape index (κ2) is 8.73. The van der Waals surface area contributed by atoms with Gasteiger partial charge >= 0.3 is 5.97 Å². The first-order valence-electron chi connectivity index (χ1n) is 7.84. The molecule has 0 saturated heterocycles. The molecule has 0 atom stereocenters. The zero-order chi connectivity index (χ0) is 18.2. The van der Waals surface area contributed by atoms with Gasteiger partial charge in [0.15, 0.2) is 0 Å². The van der Waals surface area contributed by atoms with E-state index in [9.17, 15) is 9.59 Å². The Balaban J connectivity index is 2.02. The number of amides is 1. The average Bonchev–Trinajstić information content (AvgIpc) is 2.61. The molecule has 0 fully saturated rings. The number of benzene rings is 2. The lowest BCUT2D eigenvalue weighted by Gasteiger charge is -2.13. The molecule has 25 heavy (non-hydrogen) atoms. The van der Waals surface area contributed by atoms with Crippen molar-refractivity contribution in [2.24, 2.45) is 0 Å². The van der Waals surface area contributed by atoms with Gasteiger partial charge < -0.3 is 19.9 Å². The number of hydrogen-bond acceptors (Lipinski definition) is 4. The Hall–Kier alpha value is -3.02. The third kappa shape index (κ3) is 5.24. The molecule has 0 saturated carbocycles. The van der Waals surface area contributed by atoms with Crippen LogP contribution in [0.25, 0.3) is 0 Å². The lowest BCUT2D eigenvalue weighted by Crippen LogP contribution is -2.15. The van der Waals surface area contributed by atoms with Crippen LogP contribution in [0.2, 0.25) is 0 Å². The van der Waals surface area contributed by atoms with E-state index in [1.165, 1.54) is 0 Å². The number of aryl methyl sites for hydroxylation is 1. The van der Waals surface area contributed by atoms with Crippen LogP contribution in [0.3, 0.4) is 0 Å². The zero-order valence-corrected chi connectivity index (χ0v) is 14.2. The van der Waals surface area contributed by atoms with E-state index in [1.807, 2.05) is 12.1 Å². The van der Waals surface area contributed by atoms with Crippen LogP contribution in [0.1, 0.15) is 17.5 Å². The number of anilines is 1. The number of hydrogen-bond donors (Lipinski definition) is 2. The lowest BCUT2D eigenvalue weighted by atomic mass is 10.1. The van der Waals surface area contributed by atoms with Crippen LogP contribution in [0.4, 0.5) is 5.69 Å². The summed E-state index contributed by atoms with van der Waals surface area (Å²) in [5.74, 6) is 0.168. The highest BCUT2D eigenvalue weighted by Gasteiger charge is 2.14. The molecule has 0 heterocycles. The maximum absolute atomic E-state index is 12.3. The SMILES string of the molecule is COc1cccc(OC)c1CC(=O)Nc1ccc(CCC(=O)O)cc1. The van der Waals surface area contributed by atoms with Crippen LogP contribution in [0.5, 0.6) is 11.5 Å². The van der Waals surface area contributed by atoms with Gasteiger partial charge in [0.1, 0.15) is 11.5 Å². The van der Waals surface area contributed by atoms with Crippen LogP contribution >= 0.6 is 0 Å². The van der Waals surface area contributed by atoms with Gasteiger partial charge in [0.25, 0.3) is 0 Å². The Labute approximate surface area is 146 Å². The number of carboxylic acids is 1. The van der Waals surface area contributed by atoms with Crippen molar-refractivity contribution >= 4 is 17.6 Å². The fourth-order valence-corrected chi connectivity index (χ4v) is 2.47. The summed E-state index contributed by atoms with van der Waals surface area (Å²) in [7, 11) is 3.10. The van der Waals surface area contributed by atoms with Gasteiger partial charge in [-0.2, -0.15) is 0 Å². The largest absolute Gasteiger partial charge is 0.496 e. The van der Waals surface area contributed by atoms with Gasteiger partial charge in [0.2, 0.25) is 5.91 Å². The Bertz CT molecular complexity index is 718. The van der Waals surface area contributed by atoms with Crippen molar-refractivity contribution in [3.63, 3.8) is 0 Å². The molecule has 132 valence electrons. The molecule has 0 aliphatic rings. The van der Waals surface area contributed by atoms with Crippen LogP contribution in [0.15, 0.2) is 42.5 Å². The molecule has 6 heteroatoms. The second-order valence-electron chi connectivity index (χ2n) is 5.46. The van der Waals surface area contributed by atoms with Crippen LogP contribution in [-0.4, -0.2) is 31.2 Å². The summed E-state index contributed by atoms with van der Waals surface area (Å²) in [6.45, 7) is 0. The topological polar surface area (TPSA) is 84.9 Å². The van der Waals surface area contributed by atoms with Crippen LogP contribution < -0.4 is 14.8 Å². The maximum atomic E-state index is 12.3. The molecule has 2 aromatic carbocycles. The van der Waals surface area contributed by atoms with Crippen molar-refractivity contribution in [3.8, 4) is 11.5 Å². The van der Waals surface area contributed by atoms with E-state index < -0.39 is 5.97 Å². The predicted octanol–water partition coefficient (Wildman–Crippen LogP) is 2.90. The van der Waals surface area contributed by atoms with E-state index in [-0.39, 0.29) is 18.7 Å². The van der Waals surface area contributed by atoms with Gasteiger partial charge in [-0.25, -0.2) is 0 Å². The van der Waals surface area contributed by atoms with Gasteiger partial charge in [0, 0.05) is 17.7 Å². The molecule has 0 spiro atoms. The van der Waals surface area contributed by atoms with E-state index in [0.29, 0.717) is 29.2 Å². The first kappa shape index (κ1) is 18.3. The number of carbonyl (C=O) groups excluding carboxylic acids is 1. The number of ether oxygens (including phenoxy) is 2. The molecule has 0 bridgehead atoms. The minimum Gasteiger partial charge on any atom is -0.496 e. The highest BCUT2D eigenvalue weighted by atomic mass is 16.5. The van der Waals surface area contributed by atoms with Crippen molar-refractivity contribution < 1.29 is 24.2 Å². The summed E-state index contributed by atoms with van der Waals surface area (Å²) in [6, 6.07) is 12.5. The van der Waals surface area contributed by atoms with Crippen LogP contribution in [0, 0.1) is 0 Å². The maximum Gasteiger partial charge on any atom is 0.303 e. The van der Waals surface area contributed by atoms with Gasteiger partial charge in [-0.05, 0) is 36.2 Å². The predicted molar refractivity (Wildman–Crippen MR) is 94.3 cm³/mol. The summed E-state index contributed by atoms with van der Waals surface area (Å²) in [4.78, 5) is 22.9. The number of rotatable bonds is 8. The summed E-state index contributed by atoms with van der Waals surface area (Å²) >= 11 is 0. The normalized spacial score (nSPS) is 10.2. The molecular formula is C19H21NO5. The number of nitrogens with one attached hydrogen (secondary N) is 1. The van der Waals surface area contributed by atoms with Gasteiger partial charge in [-0.15, -0.1) is 0 Å². The van der Waals surface area contributed by atoms with E-state index in [0.717, 1.165) is 5.56 Å². The second-order valence-corrected chi connectivity index (χ2v) is 5.46. The van der Waals surface area contributed by atoms with E-state index in [1.54, 1.807) is 44.6 Å². The Kier molecular flexibility index (Phi) is 6.39. The van der Waals surface area contributed by atoms with Crippen molar-refractivity contribution in [3.05, 3.63) is 53.6 Å². The summed E-state index contributed by atoms with van der Waals surface area (Å²) in [5, 5.41) is 11.5. The van der Waals surface area contributed by atoms with Crippen molar-refractivity contribution in [2.45, 2.75) is 19.3 Å². The third-order valence-corrected chi connectivity index (χ3v) is 3.73. The van der Waals surface area contributed by atoms with Gasteiger partial charge in [-0.1, -0.05) is 18.2 Å². The van der Waals surface area contributed by atoms with E-state index >= 15 is 0 Å². The number of carbonyl (C=O) groups is 2. The smallest absolute Gasteiger partial charge is 0.303 e. The molecule has 1 amide bonds.